The first-order chi connectivity index (χ1) is 16.9. The van der Waals surface area contributed by atoms with E-state index in [1.54, 1.807) is 0 Å². The number of nitrogen functional groups attached to an aromatic ring is 1. The Kier molecular flexibility index (Phi) is 5.31. The molecule has 4 aromatic heterocycles. The Morgan fingerprint density at radius 3 is 2.25 bits per heavy atom. The van der Waals surface area contributed by atoms with Gasteiger partial charge in [-0.2, -0.15) is 36.4 Å². The molecule has 0 atom stereocenters. The predicted molar refractivity (Wildman–Crippen MR) is 112 cm³/mol. The second-order valence-corrected chi connectivity index (χ2v) is 7.67. The van der Waals surface area contributed by atoms with Crippen LogP contribution in [0.25, 0.3) is 39.7 Å². The summed E-state index contributed by atoms with van der Waals surface area (Å²) >= 11 is 5.75. The molecule has 0 fully saturated rings. The Morgan fingerprint density at radius 1 is 0.889 bits per heavy atom. The quantitative estimate of drug-likeness (QED) is 0.319. The van der Waals surface area contributed by atoms with Gasteiger partial charge in [-0.15, -0.1) is 0 Å². The summed E-state index contributed by atoms with van der Waals surface area (Å²) in [7, 11) is 0. The molecule has 184 valence electrons. The molecule has 9 nitrogen and oxygen atoms in total. The van der Waals surface area contributed by atoms with Crippen LogP contribution in [0.5, 0.6) is 0 Å². The number of hydrogen-bond donors (Lipinski definition) is 1. The molecule has 36 heavy (non-hydrogen) atoms. The molecule has 0 radical (unpaired) electrons. The van der Waals surface area contributed by atoms with E-state index in [1.807, 2.05) is 0 Å². The molecule has 2 N–H and O–H groups in total. The minimum atomic E-state index is -4.89. The minimum Gasteiger partial charge on any atom is -0.368 e. The molecule has 16 heteroatoms. The molecular formula is C20H9ClF6N8O. The fraction of sp³-hybridized carbons (Fsp3) is 0.100. The van der Waals surface area contributed by atoms with Gasteiger partial charge < -0.3 is 10.3 Å². The molecular weight excluding hydrogens is 518 g/mol. The van der Waals surface area contributed by atoms with Gasteiger partial charge in [-0.3, -0.25) is 0 Å². The zero-order chi connectivity index (χ0) is 25.8. The van der Waals surface area contributed by atoms with Crippen molar-refractivity contribution in [1.29, 1.82) is 0 Å². The number of alkyl halides is 6. The monoisotopic (exact) mass is 526 g/mol. The van der Waals surface area contributed by atoms with Gasteiger partial charge in [0.1, 0.15) is 5.56 Å². The van der Waals surface area contributed by atoms with Crippen molar-refractivity contribution in [2.24, 2.45) is 0 Å². The van der Waals surface area contributed by atoms with Crippen molar-refractivity contribution >= 4 is 23.2 Å². The Bertz CT molecular complexity index is 1590. The lowest BCUT2D eigenvalue weighted by Crippen LogP contribution is -2.14. The summed E-state index contributed by atoms with van der Waals surface area (Å²) in [5.74, 6) is -0.198. The van der Waals surface area contributed by atoms with Gasteiger partial charge in [-0.05, 0) is 18.2 Å². The second kappa shape index (κ2) is 8.15. The van der Waals surface area contributed by atoms with Crippen molar-refractivity contribution in [3.8, 4) is 34.1 Å². The number of benzene rings is 1. The highest BCUT2D eigenvalue weighted by Crippen LogP contribution is 2.38. The van der Waals surface area contributed by atoms with E-state index in [-0.39, 0.29) is 40.1 Å². The number of rotatable bonds is 3. The van der Waals surface area contributed by atoms with Crippen molar-refractivity contribution in [3.63, 3.8) is 0 Å². The SMILES string of the molecule is Nc1ncc(-c2noc(-c3cnn4c(C(F)(F)F)cc(-c5ccc(C(F)(F)F)c(Cl)c5)nc34)n2)cn1. The third-order valence-corrected chi connectivity index (χ3v) is 5.23. The molecule has 5 aromatic rings. The molecule has 0 saturated heterocycles. The molecule has 0 spiro atoms. The molecule has 1 aromatic carbocycles. The normalized spacial score (nSPS) is 12.4. The summed E-state index contributed by atoms with van der Waals surface area (Å²) in [5.41, 5.74) is 2.59. The third kappa shape index (κ3) is 4.17. The van der Waals surface area contributed by atoms with E-state index in [9.17, 15) is 26.3 Å². The van der Waals surface area contributed by atoms with Gasteiger partial charge in [0.05, 0.1) is 28.0 Å². The van der Waals surface area contributed by atoms with E-state index in [2.05, 4.69) is 30.2 Å². The van der Waals surface area contributed by atoms with E-state index >= 15 is 0 Å². The average Bonchev–Trinajstić information content (AvgIpc) is 3.44. The average molecular weight is 527 g/mol. The number of nitrogens with zero attached hydrogens (tertiary/aromatic N) is 7. The maximum absolute atomic E-state index is 13.8. The van der Waals surface area contributed by atoms with E-state index in [0.717, 1.165) is 18.3 Å². The fourth-order valence-corrected chi connectivity index (χ4v) is 3.56. The van der Waals surface area contributed by atoms with Crippen LogP contribution in [-0.4, -0.2) is 34.7 Å². The smallest absolute Gasteiger partial charge is 0.368 e. The zero-order valence-electron chi connectivity index (χ0n) is 17.3. The summed E-state index contributed by atoms with van der Waals surface area (Å²) < 4.78 is 86.4. The van der Waals surface area contributed by atoms with Crippen LogP contribution < -0.4 is 5.73 Å². The number of fused-ring (bicyclic) bond motifs is 1. The zero-order valence-corrected chi connectivity index (χ0v) is 18.1. The molecule has 0 saturated carbocycles. The third-order valence-electron chi connectivity index (χ3n) is 4.92. The molecule has 0 amide bonds. The number of aromatic nitrogens is 7. The fourth-order valence-electron chi connectivity index (χ4n) is 3.27. The molecule has 0 aliphatic heterocycles. The van der Waals surface area contributed by atoms with Crippen LogP contribution in [0.4, 0.5) is 32.3 Å². The lowest BCUT2D eigenvalue weighted by atomic mass is 10.1. The van der Waals surface area contributed by atoms with Crippen molar-refractivity contribution in [2.75, 3.05) is 5.73 Å². The van der Waals surface area contributed by atoms with E-state index in [4.69, 9.17) is 21.9 Å². The van der Waals surface area contributed by atoms with Crippen LogP contribution in [-0.2, 0) is 12.4 Å². The highest BCUT2D eigenvalue weighted by atomic mass is 35.5. The van der Waals surface area contributed by atoms with Gasteiger partial charge in [-0.1, -0.05) is 22.8 Å². The lowest BCUT2D eigenvalue weighted by Gasteiger charge is -2.13. The van der Waals surface area contributed by atoms with Crippen molar-refractivity contribution < 1.29 is 30.9 Å². The van der Waals surface area contributed by atoms with Crippen molar-refractivity contribution in [2.45, 2.75) is 12.4 Å². The Labute approximate surface area is 200 Å². The first-order valence-corrected chi connectivity index (χ1v) is 10.0. The summed E-state index contributed by atoms with van der Waals surface area (Å²) in [6, 6.07) is 3.15. The Morgan fingerprint density at radius 2 is 1.61 bits per heavy atom. The van der Waals surface area contributed by atoms with E-state index < -0.39 is 28.6 Å². The van der Waals surface area contributed by atoms with Crippen LogP contribution in [0, 0.1) is 0 Å². The first-order valence-electron chi connectivity index (χ1n) is 9.67. The van der Waals surface area contributed by atoms with Gasteiger partial charge in [0.25, 0.3) is 5.89 Å². The standard InChI is InChI=1S/C20H9ClF6N8O/c21-12-3-8(1-2-11(12)19(22,23)24)13-4-14(20(25,26)27)35-16(32-13)10(7-31-35)17-33-15(34-36-17)9-5-29-18(28)30-6-9/h1-7H,(H2,28,29,30). The van der Waals surface area contributed by atoms with E-state index in [1.165, 1.54) is 12.4 Å². The van der Waals surface area contributed by atoms with Crippen LogP contribution in [0.1, 0.15) is 11.3 Å². The minimum absolute atomic E-state index is 0.00452. The van der Waals surface area contributed by atoms with Crippen LogP contribution >= 0.6 is 11.6 Å². The number of halogens is 7. The van der Waals surface area contributed by atoms with Crippen molar-refractivity contribution in [1.82, 2.24) is 34.7 Å². The molecule has 0 aliphatic rings. The number of anilines is 1. The van der Waals surface area contributed by atoms with Gasteiger partial charge in [0.15, 0.2) is 11.3 Å². The second-order valence-electron chi connectivity index (χ2n) is 7.26. The molecule has 5 rings (SSSR count). The Hall–Kier alpha value is -4.27. The van der Waals surface area contributed by atoms with Gasteiger partial charge in [0.2, 0.25) is 11.8 Å². The van der Waals surface area contributed by atoms with Gasteiger partial charge in [-0.25, -0.2) is 19.5 Å². The summed E-state index contributed by atoms with van der Waals surface area (Å²) in [4.78, 5) is 15.9. The number of nitrogens with two attached hydrogens (primary N) is 1. The number of hydrogen-bond acceptors (Lipinski definition) is 8. The summed E-state index contributed by atoms with van der Waals surface area (Å²) in [5, 5.41) is 6.80. The Balaban J connectivity index is 1.66. The van der Waals surface area contributed by atoms with Crippen LogP contribution in [0.2, 0.25) is 5.02 Å². The maximum atomic E-state index is 13.8. The predicted octanol–water partition coefficient (Wildman–Crippen LogP) is 5.18. The highest BCUT2D eigenvalue weighted by Gasteiger charge is 2.37. The van der Waals surface area contributed by atoms with Gasteiger partial charge >= 0.3 is 12.4 Å². The lowest BCUT2D eigenvalue weighted by molar-refractivity contribution is -0.142. The highest BCUT2D eigenvalue weighted by molar-refractivity contribution is 6.31. The topological polar surface area (TPSA) is 121 Å². The van der Waals surface area contributed by atoms with Crippen molar-refractivity contribution in [3.05, 3.63) is 59.1 Å². The summed E-state index contributed by atoms with van der Waals surface area (Å²) in [6.45, 7) is 0. The largest absolute Gasteiger partial charge is 0.433 e. The van der Waals surface area contributed by atoms with E-state index in [0.29, 0.717) is 22.2 Å². The molecule has 4 heterocycles. The molecule has 0 aliphatic carbocycles. The molecule has 0 bridgehead atoms. The van der Waals surface area contributed by atoms with Crippen LogP contribution in [0.15, 0.2) is 47.4 Å². The summed E-state index contributed by atoms with van der Waals surface area (Å²) in [6.07, 6.45) is -5.96. The maximum Gasteiger partial charge on any atom is 0.433 e. The van der Waals surface area contributed by atoms with Gasteiger partial charge in [0, 0.05) is 18.0 Å². The first kappa shape index (κ1) is 23.5. The van der Waals surface area contributed by atoms with Crippen LogP contribution in [0.3, 0.4) is 0 Å². The molecule has 0 unspecified atom stereocenters.